The molecule has 6 nitrogen and oxygen atoms in total. The first kappa shape index (κ1) is 21.7. The number of esters is 1. The summed E-state index contributed by atoms with van der Waals surface area (Å²) < 4.78 is 32.4. The van der Waals surface area contributed by atoms with Crippen LogP contribution in [-0.4, -0.2) is 55.6 Å². The van der Waals surface area contributed by atoms with Crippen LogP contribution >= 0.6 is 0 Å². The molecule has 0 saturated carbocycles. The molecule has 0 radical (unpaired) electrons. The van der Waals surface area contributed by atoms with Gasteiger partial charge >= 0.3 is 5.97 Å². The lowest BCUT2D eigenvalue weighted by Gasteiger charge is -2.43. The fourth-order valence-corrected chi connectivity index (χ4v) is 3.70. The number of para-hydroxylation sites is 1. The number of piperazine rings is 1. The summed E-state index contributed by atoms with van der Waals surface area (Å²) in [4.78, 5) is 28.4. The number of amides is 1. The zero-order chi connectivity index (χ0) is 21.8. The predicted molar refractivity (Wildman–Crippen MR) is 111 cm³/mol. The molecule has 1 heterocycles. The van der Waals surface area contributed by atoms with E-state index in [0.29, 0.717) is 25.2 Å². The van der Waals surface area contributed by atoms with Crippen LogP contribution in [0.25, 0.3) is 0 Å². The summed E-state index contributed by atoms with van der Waals surface area (Å²) in [5, 5.41) is 2.37. The van der Waals surface area contributed by atoms with Crippen LogP contribution in [0.2, 0.25) is 0 Å². The number of hydrogen-bond acceptors (Lipinski definition) is 5. The summed E-state index contributed by atoms with van der Waals surface area (Å²) >= 11 is 0. The van der Waals surface area contributed by atoms with Crippen LogP contribution in [0.3, 0.4) is 0 Å². The molecule has 1 fully saturated rings. The number of methoxy groups -OCH3 is 1. The molecule has 1 N–H and O–H groups in total. The molecule has 1 saturated heterocycles. The van der Waals surface area contributed by atoms with E-state index in [2.05, 4.69) is 10.2 Å². The fraction of sp³-hybridized carbons (Fsp3) is 0.364. The average Bonchev–Trinajstić information content (AvgIpc) is 2.75. The smallest absolute Gasteiger partial charge is 0.337 e. The molecule has 0 aliphatic carbocycles. The second kappa shape index (κ2) is 9.21. The minimum Gasteiger partial charge on any atom is -0.465 e. The van der Waals surface area contributed by atoms with Crippen molar-refractivity contribution in [2.75, 3.05) is 37.0 Å². The van der Waals surface area contributed by atoms with Gasteiger partial charge in [0.25, 0.3) is 0 Å². The number of nitrogens with zero attached hydrogens (tertiary/aromatic N) is 2. The third kappa shape index (κ3) is 4.59. The Balaban J connectivity index is 1.63. The van der Waals surface area contributed by atoms with Crippen molar-refractivity contribution >= 4 is 23.3 Å². The topological polar surface area (TPSA) is 61.9 Å². The lowest BCUT2D eigenvalue weighted by molar-refractivity contribution is -0.121. The minimum atomic E-state index is -0.802. The van der Waals surface area contributed by atoms with E-state index in [9.17, 15) is 18.4 Å². The number of rotatable bonds is 5. The van der Waals surface area contributed by atoms with Crippen LogP contribution in [0.1, 0.15) is 24.2 Å². The summed E-state index contributed by atoms with van der Waals surface area (Å²) in [6.07, 6.45) is 0. The quantitative estimate of drug-likeness (QED) is 0.757. The zero-order valence-electron chi connectivity index (χ0n) is 17.2. The average molecular weight is 417 g/mol. The maximum absolute atomic E-state index is 13.8. The van der Waals surface area contributed by atoms with Crippen molar-refractivity contribution in [3.05, 3.63) is 59.7 Å². The summed E-state index contributed by atoms with van der Waals surface area (Å²) in [5.41, 5.74) is 1.03. The lowest BCUT2D eigenvalue weighted by Crippen LogP contribution is -2.57. The van der Waals surface area contributed by atoms with Crippen molar-refractivity contribution in [1.29, 1.82) is 0 Å². The molecule has 2 unspecified atom stereocenters. The maximum Gasteiger partial charge on any atom is 0.337 e. The van der Waals surface area contributed by atoms with Gasteiger partial charge in [-0.25, -0.2) is 13.6 Å². The Morgan fingerprint density at radius 3 is 2.30 bits per heavy atom. The number of carbonyl (C=O) groups is 2. The molecule has 30 heavy (non-hydrogen) atoms. The zero-order valence-corrected chi connectivity index (χ0v) is 17.2. The Labute approximate surface area is 174 Å². The molecule has 0 aromatic heterocycles. The second-order valence-electron chi connectivity index (χ2n) is 7.33. The Kier molecular flexibility index (Phi) is 6.66. The number of nitrogens with one attached hydrogen (secondary N) is 1. The van der Waals surface area contributed by atoms with Crippen LogP contribution in [0.5, 0.6) is 0 Å². The molecule has 2 atom stereocenters. The Bertz CT molecular complexity index is 900. The van der Waals surface area contributed by atoms with Crippen LogP contribution in [0.4, 0.5) is 20.2 Å². The van der Waals surface area contributed by atoms with Gasteiger partial charge in [-0.05, 0) is 50.2 Å². The summed E-state index contributed by atoms with van der Waals surface area (Å²) in [6.45, 7) is 5.68. The lowest BCUT2D eigenvalue weighted by atomic mass is 10.1. The van der Waals surface area contributed by atoms with Gasteiger partial charge in [0.05, 0.1) is 18.7 Å². The Hall–Kier alpha value is -3.00. The molecule has 0 bridgehead atoms. The van der Waals surface area contributed by atoms with Crippen molar-refractivity contribution in [3.63, 3.8) is 0 Å². The third-order valence-electron chi connectivity index (χ3n) is 5.42. The normalized spacial score (nSPS) is 18.0. The molecule has 2 aromatic carbocycles. The molecular weight excluding hydrogens is 392 g/mol. The van der Waals surface area contributed by atoms with E-state index in [0.717, 1.165) is 17.8 Å². The van der Waals surface area contributed by atoms with Crippen LogP contribution in [0, 0.1) is 11.6 Å². The van der Waals surface area contributed by atoms with Gasteiger partial charge in [-0.15, -0.1) is 0 Å². The highest BCUT2D eigenvalue weighted by atomic mass is 19.1. The van der Waals surface area contributed by atoms with Crippen molar-refractivity contribution in [1.82, 2.24) is 4.90 Å². The molecule has 160 valence electrons. The Morgan fingerprint density at radius 2 is 1.73 bits per heavy atom. The van der Waals surface area contributed by atoms with Crippen molar-refractivity contribution in [2.45, 2.75) is 25.9 Å². The summed E-state index contributed by atoms with van der Waals surface area (Å²) in [7, 11) is 1.34. The molecule has 8 heteroatoms. The third-order valence-corrected chi connectivity index (χ3v) is 5.42. The number of carbonyl (C=O) groups excluding carboxylic acids is 2. The monoisotopic (exact) mass is 417 g/mol. The van der Waals surface area contributed by atoms with E-state index < -0.39 is 29.3 Å². The van der Waals surface area contributed by atoms with E-state index in [1.54, 1.807) is 19.1 Å². The van der Waals surface area contributed by atoms with Gasteiger partial charge in [0, 0.05) is 31.4 Å². The first-order valence-electron chi connectivity index (χ1n) is 9.75. The Morgan fingerprint density at radius 1 is 1.10 bits per heavy atom. The van der Waals surface area contributed by atoms with Gasteiger partial charge in [0.15, 0.2) is 0 Å². The molecule has 1 amide bonds. The first-order valence-corrected chi connectivity index (χ1v) is 9.75. The minimum absolute atomic E-state index is 0.0326. The molecule has 2 aromatic rings. The van der Waals surface area contributed by atoms with Gasteiger partial charge in [0.2, 0.25) is 5.91 Å². The number of benzene rings is 2. The number of hydrogen-bond donors (Lipinski definition) is 1. The van der Waals surface area contributed by atoms with E-state index in [4.69, 9.17) is 4.74 Å². The highest BCUT2D eigenvalue weighted by molar-refractivity contribution is 5.94. The van der Waals surface area contributed by atoms with Gasteiger partial charge in [-0.3, -0.25) is 9.69 Å². The summed E-state index contributed by atoms with van der Waals surface area (Å²) in [5.74, 6) is -2.44. The molecule has 3 rings (SSSR count). The van der Waals surface area contributed by atoms with Crippen molar-refractivity contribution in [3.8, 4) is 0 Å². The van der Waals surface area contributed by atoms with E-state index >= 15 is 0 Å². The highest BCUT2D eigenvalue weighted by Gasteiger charge is 2.31. The van der Waals surface area contributed by atoms with Gasteiger partial charge < -0.3 is 15.0 Å². The molecule has 1 aliphatic rings. The van der Waals surface area contributed by atoms with Crippen molar-refractivity contribution in [2.24, 2.45) is 0 Å². The number of ether oxygens (including phenoxy) is 1. The van der Waals surface area contributed by atoms with Gasteiger partial charge in [-0.2, -0.15) is 0 Å². The predicted octanol–water partition coefficient (Wildman–Crippen LogP) is 3.29. The van der Waals surface area contributed by atoms with Gasteiger partial charge in [-0.1, -0.05) is 6.07 Å². The molecule has 0 spiro atoms. The maximum atomic E-state index is 13.8. The van der Waals surface area contributed by atoms with Crippen LogP contribution in [0.15, 0.2) is 42.5 Å². The van der Waals surface area contributed by atoms with Crippen LogP contribution in [-0.2, 0) is 9.53 Å². The largest absolute Gasteiger partial charge is 0.465 e. The van der Waals surface area contributed by atoms with Crippen LogP contribution < -0.4 is 10.2 Å². The molecule has 1 aliphatic heterocycles. The second-order valence-corrected chi connectivity index (χ2v) is 7.33. The fourth-order valence-electron chi connectivity index (χ4n) is 3.70. The first-order chi connectivity index (χ1) is 14.3. The standard InChI is InChI=1S/C22H25F2N3O3/c1-14-13-26(17-9-7-16(8-10-17)22(29)30-3)11-12-27(14)15(2)21(28)25-20-18(23)5-4-6-19(20)24/h4-10,14-15H,11-13H2,1-3H3,(H,25,28). The van der Waals surface area contributed by atoms with E-state index in [1.165, 1.54) is 13.2 Å². The van der Waals surface area contributed by atoms with E-state index in [1.807, 2.05) is 24.0 Å². The van der Waals surface area contributed by atoms with E-state index in [-0.39, 0.29) is 12.0 Å². The SMILES string of the molecule is COC(=O)c1ccc(N2CCN(C(C)C(=O)Nc3c(F)cccc3F)C(C)C2)cc1. The van der Waals surface area contributed by atoms with Gasteiger partial charge in [0.1, 0.15) is 17.3 Å². The van der Waals surface area contributed by atoms with Crippen molar-refractivity contribution < 1.29 is 23.1 Å². The highest BCUT2D eigenvalue weighted by Crippen LogP contribution is 2.23. The molecular formula is C22H25F2N3O3. The number of halogens is 2. The summed E-state index contributed by atoms with van der Waals surface area (Å²) in [6, 6.07) is 10.1. The number of anilines is 2.